The second-order valence-corrected chi connectivity index (χ2v) is 6.45. The van der Waals surface area contributed by atoms with Crippen molar-refractivity contribution in [3.05, 3.63) is 5.56 Å². The molecule has 0 unspecified atom stereocenters. The number of carbonyl (C=O) groups excluding carboxylic acids is 1. The summed E-state index contributed by atoms with van der Waals surface area (Å²) in [6.45, 7) is 0. The lowest BCUT2D eigenvalue weighted by molar-refractivity contribution is -0.122. The summed E-state index contributed by atoms with van der Waals surface area (Å²) in [5, 5.41) is 4.72. The predicted octanol–water partition coefficient (Wildman–Crippen LogP) is 2.06. The normalized spacial score (nSPS) is 27.2. The van der Waals surface area contributed by atoms with Crippen molar-refractivity contribution in [3.63, 3.8) is 0 Å². The molecule has 0 radical (unpaired) electrons. The Bertz CT molecular complexity index is 475. The molecule has 0 aromatic carbocycles. The summed E-state index contributed by atoms with van der Waals surface area (Å²) < 4.78 is 4.27. The molecule has 1 aromatic rings. The molecular formula is C13H20N4OS. The maximum Gasteiger partial charge on any atom is 0.220 e. The first-order valence-corrected chi connectivity index (χ1v) is 7.73. The minimum absolute atomic E-state index is 0.0625. The van der Waals surface area contributed by atoms with Crippen LogP contribution in [0.15, 0.2) is 0 Å². The number of nitrogen functional groups attached to an aromatic ring is 1. The van der Waals surface area contributed by atoms with Gasteiger partial charge in [0.1, 0.15) is 10.8 Å². The van der Waals surface area contributed by atoms with Crippen molar-refractivity contribution in [1.82, 2.24) is 4.37 Å². The molecule has 0 atom stereocenters. The molecule has 0 bridgehead atoms. The Balaban J connectivity index is 1.62. The smallest absolute Gasteiger partial charge is 0.220 e. The quantitative estimate of drug-likeness (QED) is 0.787. The third-order valence-electron chi connectivity index (χ3n) is 4.21. The molecule has 2 aliphatic rings. The molecule has 5 nitrogen and oxygen atoms in total. The van der Waals surface area contributed by atoms with Crippen LogP contribution in [-0.2, 0) is 4.79 Å². The van der Waals surface area contributed by atoms with E-state index in [0.29, 0.717) is 17.8 Å². The number of hydrogen-bond donors (Lipinski definition) is 3. The van der Waals surface area contributed by atoms with E-state index in [1.54, 1.807) is 0 Å². The monoisotopic (exact) mass is 280 g/mol. The van der Waals surface area contributed by atoms with Gasteiger partial charge in [-0.2, -0.15) is 4.37 Å². The average Bonchev–Trinajstić information content (AvgIpc) is 3.16. The molecule has 0 aliphatic heterocycles. The molecule has 19 heavy (non-hydrogen) atoms. The number of primary amides is 1. The molecule has 3 rings (SSSR count). The van der Waals surface area contributed by atoms with Crippen molar-refractivity contribution in [2.45, 2.75) is 50.5 Å². The second kappa shape index (κ2) is 5.00. The third kappa shape index (κ3) is 2.68. The lowest BCUT2D eigenvalue weighted by Crippen LogP contribution is -2.32. The van der Waals surface area contributed by atoms with Gasteiger partial charge in [0.2, 0.25) is 5.91 Å². The number of carbonyl (C=O) groups is 1. The van der Waals surface area contributed by atoms with Crippen LogP contribution < -0.4 is 16.8 Å². The molecular weight excluding hydrogens is 260 g/mol. The largest absolute Gasteiger partial charge is 0.383 e. The minimum Gasteiger partial charge on any atom is -0.383 e. The van der Waals surface area contributed by atoms with Crippen LogP contribution in [0.3, 0.4) is 0 Å². The summed E-state index contributed by atoms with van der Waals surface area (Å²) in [5.41, 5.74) is 12.5. The standard InChI is InChI=1S/C13H20N4OS/c14-11-10(7-1-2-7)13(19-17-11)16-9-5-3-8(4-6-9)12(15)18/h7-9,16H,1-6H2,(H2,14,17)(H2,15,18). The van der Waals surface area contributed by atoms with Crippen LogP contribution in [0, 0.1) is 5.92 Å². The zero-order valence-electron chi connectivity index (χ0n) is 10.9. The Morgan fingerprint density at radius 1 is 1.21 bits per heavy atom. The topological polar surface area (TPSA) is 94.0 Å². The minimum atomic E-state index is -0.154. The van der Waals surface area contributed by atoms with Gasteiger partial charge in [-0.25, -0.2) is 0 Å². The Kier molecular flexibility index (Phi) is 3.35. The summed E-state index contributed by atoms with van der Waals surface area (Å²) in [4.78, 5) is 11.2. The zero-order chi connectivity index (χ0) is 13.4. The van der Waals surface area contributed by atoms with E-state index >= 15 is 0 Å². The fourth-order valence-corrected chi connectivity index (χ4v) is 3.76. The maximum absolute atomic E-state index is 11.2. The van der Waals surface area contributed by atoms with E-state index in [4.69, 9.17) is 11.5 Å². The van der Waals surface area contributed by atoms with E-state index in [0.717, 1.165) is 30.7 Å². The van der Waals surface area contributed by atoms with Crippen molar-refractivity contribution in [3.8, 4) is 0 Å². The van der Waals surface area contributed by atoms with E-state index in [1.165, 1.54) is 29.9 Å². The van der Waals surface area contributed by atoms with Gasteiger partial charge in [0.15, 0.2) is 0 Å². The summed E-state index contributed by atoms with van der Waals surface area (Å²) in [5.74, 6) is 1.22. The van der Waals surface area contributed by atoms with Crippen molar-refractivity contribution in [2.75, 3.05) is 11.1 Å². The summed E-state index contributed by atoms with van der Waals surface area (Å²) >= 11 is 1.47. The summed E-state index contributed by atoms with van der Waals surface area (Å²) in [6.07, 6.45) is 6.22. The van der Waals surface area contributed by atoms with Crippen molar-refractivity contribution < 1.29 is 4.79 Å². The van der Waals surface area contributed by atoms with Gasteiger partial charge in [-0.1, -0.05) is 0 Å². The first-order valence-electron chi connectivity index (χ1n) is 6.96. The fourth-order valence-electron chi connectivity index (χ4n) is 2.89. The zero-order valence-corrected chi connectivity index (χ0v) is 11.7. The summed E-state index contributed by atoms with van der Waals surface area (Å²) in [6, 6.07) is 0.424. The van der Waals surface area contributed by atoms with Crippen LogP contribution in [0.5, 0.6) is 0 Å². The summed E-state index contributed by atoms with van der Waals surface area (Å²) in [7, 11) is 0. The highest BCUT2D eigenvalue weighted by Gasteiger charge is 2.32. The van der Waals surface area contributed by atoms with Crippen LogP contribution in [-0.4, -0.2) is 16.3 Å². The van der Waals surface area contributed by atoms with Crippen molar-refractivity contribution in [1.29, 1.82) is 0 Å². The molecule has 0 saturated heterocycles. The van der Waals surface area contributed by atoms with Crippen LogP contribution in [0.1, 0.15) is 50.0 Å². The number of nitrogens with zero attached hydrogens (tertiary/aromatic N) is 1. The molecule has 1 aromatic heterocycles. The maximum atomic E-state index is 11.2. The van der Waals surface area contributed by atoms with E-state index in [-0.39, 0.29) is 11.8 Å². The lowest BCUT2D eigenvalue weighted by Gasteiger charge is -2.27. The molecule has 6 heteroatoms. The number of anilines is 2. The fraction of sp³-hybridized carbons (Fsp3) is 0.692. The van der Waals surface area contributed by atoms with E-state index in [1.807, 2.05) is 0 Å². The second-order valence-electron chi connectivity index (χ2n) is 5.68. The van der Waals surface area contributed by atoms with E-state index < -0.39 is 0 Å². The Morgan fingerprint density at radius 3 is 2.47 bits per heavy atom. The van der Waals surface area contributed by atoms with Gasteiger partial charge in [-0.15, -0.1) is 0 Å². The first kappa shape index (κ1) is 12.7. The van der Waals surface area contributed by atoms with Gasteiger partial charge < -0.3 is 16.8 Å². The number of nitrogens with one attached hydrogen (secondary N) is 1. The number of amides is 1. The van der Waals surface area contributed by atoms with Gasteiger partial charge in [0, 0.05) is 17.5 Å². The molecule has 2 aliphatic carbocycles. The van der Waals surface area contributed by atoms with Crippen LogP contribution in [0.2, 0.25) is 0 Å². The molecule has 2 saturated carbocycles. The average molecular weight is 280 g/mol. The lowest BCUT2D eigenvalue weighted by atomic mass is 9.85. The molecule has 5 N–H and O–H groups in total. The van der Waals surface area contributed by atoms with Gasteiger partial charge in [0.25, 0.3) is 0 Å². The number of aromatic nitrogens is 1. The van der Waals surface area contributed by atoms with Crippen LogP contribution in [0.25, 0.3) is 0 Å². The Labute approximate surface area is 116 Å². The van der Waals surface area contributed by atoms with Gasteiger partial charge in [-0.05, 0) is 56.0 Å². The molecule has 104 valence electrons. The number of hydrogen-bond acceptors (Lipinski definition) is 5. The molecule has 0 spiro atoms. The van der Waals surface area contributed by atoms with Gasteiger partial charge in [-0.3, -0.25) is 4.79 Å². The van der Waals surface area contributed by atoms with Gasteiger partial charge >= 0.3 is 0 Å². The number of nitrogens with two attached hydrogens (primary N) is 2. The van der Waals surface area contributed by atoms with Crippen molar-refractivity contribution in [2.24, 2.45) is 11.7 Å². The SMILES string of the molecule is NC(=O)C1CCC(Nc2snc(N)c2C2CC2)CC1. The molecule has 1 amide bonds. The van der Waals surface area contributed by atoms with Crippen LogP contribution >= 0.6 is 11.5 Å². The molecule has 2 fully saturated rings. The Hall–Kier alpha value is -1.30. The highest BCUT2D eigenvalue weighted by Crippen LogP contribution is 2.48. The highest BCUT2D eigenvalue weighted by atomic mass is 32.1. The highest BCUT2D eigenvalue weighted by molar-refractivity contribution is 7.10. The third-order valence-corrected chi connectivity index (χ3v) is 5.01. The van der Waals surface area contributed by atoms with E-state index in [9.17, 15) is 4.79 Å². The Morgan fingerprint density at radius 2 is 1.89 bits per heavy atom. The molecule has 1 heterocycles. The number of rotatable bonds is 4. The van der Waals surface area contributed by atoms with Crippen molar-refractivity contribution >= 4 is 28.3 Å². The van der Waals surface area contributed by atoms with E-state index in [2.05, 4.69) is 9.69 Å². The first-order chi connectivity index (χ1) is 9.15. The predicted molar refractivity (Wildman–Crippen MR) is 77.1 cm³/mol. The van der Waals surface area contributed by atoms with Crippen LogP contribution in [0.4, 0.5) is 10.8 Å². The van der Waals surface area contributed by atoms with Gasteiger partial charge in [0.05, 0.1) is 0 Å².